The van der Waals surface area contributed by atoms with Crippen molar-refractivity contribution >= 4 is 15.8 Å². The first-order chi connectivity index (χ1) is 9.89. The molecule has 0 saturated heterocycles. The molecular formula is C14H24N4O2S. The lowest BCUT2D eigenvalue weighted by Crippen LogP contribution is -2.50. The van der Waals surface area contributed by atoms with Crippen molar-refractivity contribution in [2.45, 2.75) is 36.1 Å². The molecule has 0 unspecified atom stereocenters. The number of anilines is 1. The van der Waals surface area contributed by atoms with Gasteiger partial charge in [-0.2, -0.15) is 0 Å². The van der Waals surface area contributed by atoms with Crippen LogP contribution in [0.3, 0.4) is 0 Å². The average molecular weight is 312 g/mol. The van der Waals surface area contributed by atoms with Crippen molar-refractivity contribution < 1.29 is 8.42 Å². The van der Waals surface area contributed by atoms with Crippen molar-refractivity contribution in [2.24, 2.45) is 0 Å². The van der Waals surface area contributed by atoms with Gasteiger partial charge < -0.3 is 10.2 Å². The highest BCUT2D eigenvalue weighted by atomic mass is 32.2. The van der Waals surface area contributed by atoms with E-state index in [1.165, 1.54) is 6.20 Å². The molecule has 1 saturated carbocycles. The topological polar surface area (TPSA) is 74.3 Å². The fourth-order valence-electron chi connectivity index (χ4n) is 2.82. The van der Waals surface area contributed by atoms with Crippen LogP contribution in [0.25, 0.3) is 0 Å². The average Bonchev–Trinajstić information content (AvgIpc) is 2.96. The van der Waals surface area contributed by atoms with Crippen LogP contribution in [-0.2, 0) is 10.0 Å². The van der Waals surface area contributed by atoms with Gasteiger partial charge in [0.25, 0.3) is 0 Å². The van der Waals surface area contributed by atoms with Crippen molar-refractivity contribution in [1.82, 2.24) is 14.6 Å². The first-order valence-electron chi connectivity index (χ1n) is 7.20. The summed E-state index contributed by atoms with van der Waals surface area (Å²) >= 11 is 0. The van der Waals surface area contributed by atoms with Crippen molar-refractivity contribution in [3.63, 3.8) is 0 Å². The number of hydrogen-bond acceptors (Lipinski definition) is 5. The molecule has 0 aliphatic heterocycles. The van der Waals surface area contributed by atoms with Gasteiger partial charge in [-0.3, -0.25) is 0 Å². The Morgan fingerprint density at radius 2 is 1.95 bits per heavy atom. The van der Waals surface area contributed by atoms with Crippen LogP contribution in [0.5, 0.6) is 0 Å². The van der Waals surface area contributed by atoms with E-state index in [-0.39, 0.29) is 10.4 Å². The standard InChI is InChI=1S/C14H24N4O2S/c1-15-13-7-6-12(10-16-13)21(19,20)17-11-14(18(2)3)8-4-5-9-14/h6-7,10,17H,4-5,8-9,11H2,1-3H3,(H,15,16). The normalized spacial score (nSPS) is 18.1. The third-order valence-corrected chi connectivity index (χ3v) is 5.76. The summed E-state index contributed by atoms with van der Waals surface area (Å²) in [6.45, 7) is 0.441. The van der Waals surface area contributed by atoms with Crippen LogP contribution >= 0.6 is 0 Å². The molecule has 6 nitrogen and oxygen atoms in total. The lowest BCUT2D eigenvalue weighted by atomic mass is 9.97. The highest BCUT2D eigenvalue weighted by Crippen LogP contribution is 2.33. The zero-order valence-corrected chi connectivity index (χ0v) is 13.7. The van der Waals surface area contributed by atoms with Crippen molar-refractivity contribution in [1.29, 1.82) is 0 Å². The largest absolute Gasteiger partial charge is 0.373 e. The number of pyridine rings is 1. The Morgan fingerprint density at radius 1 is 1.29 bits per heavy atom. The Morgan fingerprint density at radius 3 is 2.43 bits per heavy atom. The molecular weight excluding hydrogens is 288 g/mol. The second-order valence-corrected chi connectivity index (χ2v) is 7.55. The van der Waals surface area contributed by atoms with Gasteiger partial charge in [0, 0.05) is 25.3 Å². The number of aromatic nitrogens is 1. The van der Waals surface area contributed by atoms with Gasteiger partial charge in [-0.25, -0.2) is 18.1 Å². The van der Waals surface area contributed by atoms with Crippen LogP contribution < -0.4 is 10.0 Å². The van der Waals surface area contributed by atoms with Crippen LogP contribution in [0.1, 0.15) is 25.7 Å². The molecule has 0 radical (unpaired) electrons. The minimum absolute atomic E-state index is 0.0641. The van der Waals surface area contributed by atoms with E-state index < -0.39 is 10.0 Å². The molecule has 0 bridgehead atoms. The number of sulfonamides is 1. The summed E-state index contributed by atoms with van der Waals surface area (Å²) in [6, 6.07) is 3.23. The molecule has 1 aromatic heterocycles. The summed E-state index contributed by atoms with van der Waals surface area (Å²) in [7, 11) is 2.27. The quantitative estimate of drug-likeness (QED) is 0.827. The summed E-state index contributed by atoms with van der Waals surface area (Å²) in [6.07, 6.45) is 5.74. The maximum atomic E-state index is 12.4. The SMILES string of the molecule is CNc1ccc(S(=O)(=O)NCC2(N(C)C)CCCC2)cn1. The Balaban J connectivity index is 2.10. The number of nitrogens with one attached hydrogen (secondary N) is 2. The molecule has 21 heavy (non-hydrogen) atoms. The number of hydrogen-bond donors (Lipinski definition) is 2. The number of likely N-dealkylation sites (N-methyl/N-ethyl adjacent to an activating group) is 1. The zero-order valence-electron chi connectivity index (χ0n) is 12.9. The van der Waals surface area contributed by atoms with Gasteiger partial charge in [0.2, 0.25) is 10.0 Å². The maximum Gasteiger partial charge on any atom is 0.242 e. The smallest absolute Gasteiger partial charge is 0.242 e. The van der Waals surface area contributed by atoms with Gasteiger partial charge in [-0.1, -0.05) is 12.8 Å². The van der Waals surface area contributed by atoms with Crippen LogP contribution in [0, 0.1) is 0 Å². The van der Waals surface area contributed by atoms with Crippen LogP contribution in [-0.4, -0.2) is 51.5 Å². The monoisotopic (exact) mass is 312 g/mol. The predicted molar refractivity (Wildman–Crippen MR) is 83.9 cm³/mol. The van der Waals surface area contributed by atoms with Crippen LogP contribution in [0.4, 0.5) is 5.82 Å². The molecule has 0 spiro atoms. The van der Waals surface area contributed by atoms with Gasteiger partial charge in [0.05, 0.1) is 0 Å². The van der Waals surface area contributed by atoms with Gasteiger partial charge >= 0.3 is 0 Å². The molecule has 1 aliphatic rings. The van der Waals surface area contributed by atoms with E-state index in [0.29, 0.717) is 12.4 Å². The summed E-state index contributed by atoms with van der Waals surface area (Å²) < 4.78 is 27.5. The Bertz CT molecular complexity index is 563. The molecule has 0 aromatic carbocycles. The molecule has 2 N–H and O–H groups in total. The predicted octanol–water partition coefficient (Wildman–Crippen LogP) is 1.28. The third kappa shape index (κ3) is 3.53. The third-order valence-electron chi connectivity index (χ3n) is 4.38. The van der Waals surface area contributed by atoms with Crippen molar-refractivity contribution in [3.8, 4) is 0 Å². The lowest BCUT2D eigenvalue weighted by molar-refractivity contribution is 0.162. The van der Waals surface area contributed by atoms with E-state index >= 15 is 0 Å². The molecule has 1 heterocycles. The minimum Gasteiger partial charge on any atom is -0.373 e. The van der Waals surface area contributed by atoms with E-state index in [9.17, 15) is 8.42 Å². The molecule has 1 aromatic rings. The minimum atomic E-state index is -3.51. The highest BCUT2D eigenvalue weighted by Gasteiger charge is 2.36. The maximum absolute atomic E-state index is 12.4. The fraction of sp³-hybridized carbons (Fsp3) is 0.643. The molecule has 1 aliphatic carbocycles. The molecule has 2 rings (SSSR count). The van der Waals surface area contributed by atoms with Gasteiger partial charge in [0.1, 0.15) is 10.7 Å². The molecule has 118 valence electrons. The zero-order chi connectivity index (χ0) is 15.5. The summed E-state index contributed by atoms with van der Waals surface area (Å²) in [5.74, 6) is 0.648. The van der Waals surface area contributed by atoms with Crippen molar-refractivity contribution in [3.05, 3.63) is 18.3 Å². The number of rotatable bonds is 6. The van der Waals surface area contributed by atoms with E-state index in [2.05, 4.69) is 19.9 Å². The van der Waals surface area contributed by atoms with Gasteiger partial charge in [0.15, 0.2) is 0 Å². The van der Waals surface area contributed by atoms with Crippen LogP contribution in [0.15, 0.2) is 23.2 Å². The lowest BCUT2D eigenvalue weighted by Gasteiger charge is -2.36. The highest BCUT2D eigenvalue weighted by molar-refractivity contribution is 7.89. The van der Waals surface area contributed by atoms with E-state index in [0.717, 1.165) is 25.7 Å². The molecule has 0 atom stereocenters. The Labute approximate surface area is 127 Å². The summed E-state index contributed by atoms with van der Waals surface area (Å²) in [4.78, 5) is 6.40. The Hall–Kier alpha value is -1.18. The summed E-state index contributed by atoms with van der Waals surface area (Å²) in [5.41, 5.74) is -0.0641. The first kappa shape index (κ1) is 16.2. The fourth-order valence-corrected chi connectivity index (χ4v) is 3.88. The first-order valence-corrected chi connectivity index (χ1v) is 8.69. The van der Waals surface area contributed by atoms with Crippen molar-refractivity contribution in [2.75, 3.05) is 33.0 Å². The van der Waals surface area contributed by atoms with Gasteiger partial charge in [-0.15, -0.1) is 0 Å². The second kappa shape index (κ2) is 6.29. The van der Waals surface area contributed by atoms with E-state index in [1.807, 2.05) is 14.1 Å². The molecule has 7 heteroatoms. The van der Waals surface area contributed by atoms with E-state index in [1.54, 1.807) is 19.2 Å². The Kier molecular flexibility index (Phi) is 4.85. The number of nitrogens with zero attached hydrogens (tertiary/aromatic N) is 2. The molecule has 0 amide bonds. The molecule has 1 fully saturated rings. The van der Waals surface area contributed by atoms with E-state index in [4.69, 9.17) is 0 Å². The second-order valence-electron chi connectivity index (χ2n) is 5.78. The van der Waals surface area contributed by atoms with Crippen LogP contribution in [0.2, 0.25) is 0 Å². The van der Waals surface area contributed by atoms with Gasteiger partial charge in [-0.05, 0) is 39.1 Å². The summed E-state index contributed by atoms with van der Waals surface area (Å²) in [5, 5.41) is 2.87.